The minimum Gasteiger partial charge on any atom is -0.367 e. The Morgan fingerprint density at radius 2 is 2.16 bits per heavy atom. The first-order valence-corrected chi connectivity index (χ1v) is 6.49. The third-order valence-corrected chi connectivity index (χ3v) is 3.23. The molecule has 5 heteroatoms. The molecule has 1 aromatic heterocycles. The van der Waals surface area contributed by atoms with Crippen molar-refractivity contribution in [3.8, 4) is 0 Å². The molecule has 0 amide bonds. The van der Waals surface area contributed by atoms with Crippen LogP contribution in [0.3, 0.4) is 0 Å². The fraction of sp³-hybridized carbons (Fsp3) is 0.429. The van der Waals surface area contributed by atoms with E-state index in [0.29, 0.717) is 18.3 Å². The predicted octanol–water partition coefficient (Wildman–Crippen LogP) is 1.95. The van der Waals surface area contributed by atoms with Crippen LogP contribution < -0.4 is 0 Å². The number of nitrogens with zero attached hydrogens (tertiary/aromatic N) is 3. The standard InChI is InChI=1S/C14H17N3O2/c1-11-15-14(16-19-11)13-10-17(7-8-18-13)9-12-5-3-2-4-6-12/h2-6,13H,7-10H2,1H3/t13-/m1/s1. The van der Waals surface area contributed by atoms with Gasteiger partial charge in [-0.3, -0.25) is 4.90 Å². The first kappa shape index (κ1) is 12.3. The maximum absolute atomic E-state index is 5.72. The second-order valence-corrected chi connectivity index (χ2v) is 4.75. The lowest BCUT2D eigenvalue weighted by Crippen LogP contribution is -2.38. The zero-order chi connectivity index (χ0) is 13.1. The Kier molecular flexibility index (Phi) is 3.57. The summed E-state index contributed by atoms with van der Waals surface area (Å²) in [7, 11) is 0. The zero-order valence-corrected chi connectivity index (χ0v) is 11.0. The molecular weight excluding hydrogens is 242 g/mol. The molecule has 1 aromatic carbocycles. The number of ether oxygens (including phenoxy) is 1. The molecule has 0 radical (unpaired) electrons. The minimum atomic E-state index is -0.0880. The van der Waals surface area contributed by atoms with Crippen LogP contribution in [-0.4, -0.2) is 34.7 Å². The van der Waals surface area contributed by atoms with E-state index in [1.165, 1.54) is 5.56 Å². The van der Waals surface area contributed by atoms with E-state index < -0.39 is 0 Å². The Bertz CT molecular complexity index is 526. The van der Waals surface area contributed by atoms with Gasteiger partial charge in [-0.25, -0.2) is 0 Å². The molecule has 0 saturated carbocycles. The molecular formula is C14H17N3O2. The van der Waals surface area contributed by atoms with Crippen LogP contribution in [0.25, 0.3) is 0 Å². The quantitative estimate of drug-likeness (QED) is 0.843. The van der Waals surface area contributed by atoms with Gasteiger partial charge in [0.1, 0.15) is 6.10 Å². The number of aryl methyl sites for hydroxylation is 1. The van der Waals surface area contributed by atoms with E-state index in [1.54, 1.807) is 6.92 Å². The van der Waals surface area contributed by atoms with E-state index >= 15 is 0 Å². The Morgan fingerprint density at radius 1 is 1.32 bits per heavy atom. The highest BCUT2D eigenvalue weighted by atomic mass is 16.5. The summed E-state index contributed by atoms with van der Waals surface area (Å²) in [6, 6.07) is 10.4. The third kappa shape index (κ3) is 3.00. The minimum absolute atomic E-state index is 0.0880. The summed E-state index contributed by atoms with van der Waals surface area (Å²) < 4.78 is 10.7. The molecule has 1 atom stereocenters. The molecule has 1 fully saturated rings. The zero-order valence-electron chi connectivity index (χ0n) is 11.0. The van der Waals surface area contributed by atoms with Gasteiger partial charge in [0.25, 0.3) is 0 Å². The van der Waals surface area contributed by atoms with E-state index in [2.05, 4.69) is 39.3 Å². The first-order valence-electron chi connectivity index (χ1n) is 6.49. The maximum atomic E-state index is 5.72. The maximum Gasteiger partial charge on any atom is 0.223 e. The average molecular weight is 259 g/mol. The molecule has 0 unspecified atom stereocenters. The smallest absolute Gasteiger partial charge is 0.223 e. The molecule has 0 bridgehead atoms. The van der Waals surface area contributed by atoms with Crippen LogP contribution in [0, 0.1) is 6.92 Å². The van der Waals surface area contributed by atoms with Crippen molar-refractivity contribution >= 4 is 0 Å². The highest BCUT2D eigenvalue weighted by Gasteiger charge is 2.25. The third-order valence-electron chi connectivity index (χ3n) is 3.23. The lowest BCUT2D eigenvalue weighted by Gasteiger charge is -2.31. The van der Waals surface area contributed by atoms with Crippen LogP contribution in [0.1, 0.15) is 23.4 Å². The van der Waals surface area contributed by atoms with Gasteiger partial charge >= 0.3 is 0 Å². The molecule has 0 spiro atoms. The summed E-state index contributed by atoms with van der Waals surface area (Å²) >= 11 is 0. The van der Waals surface area contributed by atoms with Gasteiger partial charge in [0.2, 0.25) is 11.7 Å². The average Bonchev–Trinajstić information content (AvgIpc) is 2.87. The second kappa shape index (κ2) is 5.50. The van der Waals surface area contributed by atoms with Crippen molar-refractivity contribution in [3.63, 3.8) is 0 Å². The Balaban J connectivity index is 1.65. The number of rotatable bonds is 3. The highest BCUT2D eigenvalue weighted by molar-refractivity contribution is 5.14. The van der Waals surface area contributed by atoms with Gasteiger partial charge in [0.05, 0.1) is 6.61 Å². The van der Waals surface area contributed by atoms with Crippen molar-refractivity contribution in [2.24, 2.45) is 0 Å². The first-order chi connectivity index (χ1) is 9.31. The fourth-order valence-electron chi connectivity index (χ4n) is 2.29. The van der Waals surface area contributed by atoms with Crippen LogP contribution in [0.15, 0.2) is 34.9 Å². The Hall–Kier alpha value is -1.72. The van der Waals surface area contributed by atoms with Crippen molar-refractivity contribution in [3.05, 3.63) is 47.6 Å². The molecule has 2 aromatic rings. The molecule has 3 rings (SSSR count). The molecule has 1 saturated heterocycles. The number of hydrogen-bond donors (Lipinski definition) is 0. The fourth-order valence-corrected chi connectivity index (χ4v) is 2.29. The predicted molar refractivity (Wildman–Crippen MR) is 69.4 cm³/mol. The van der Waals surface area contributed by atoms with Crippen LogP contribution in [-0.2, 0) is 11.3 Å². The summed E-state index contributed by atoms with van der Waals surface area (Å²) in [6.45, 7) is 5.15. The summed E-state index contributed by atoms with van der Waals surface area (Å²) in [6.07, 6.45) is -0.0880. The van der Waals surface area contributed by atoms with Crippen molar-refractivity contribution in [1.29, 1.82) is 0 Å². The Morgan fingerprint density at radius 3 is 2.89 bits per heavy atom. The lowest BCUT2D eigenvalue weighted by molar-refractivity contribution is -0.0380. The second-order valence-electron chi connectivity index (χ2n) is 4.75. The number of morpholine rings is 1. The molecule has 1 aliphatic rings. The van der Waals surface area contributed by atoms with Crippen molar-refractivity contribution in [2.45, 2.75) is 19.6 Å². The van der Waals surface area contributed by atoms with Crippen molar-refractivity contribution < 1.29 is 9.26 Å². The van der Waals surface area contributed by atoms with E-state index in [1.807, 2.05) is 6.07 Å². The summed E-state index contributed by atoms with van der Waals surface area (Å²) in [5, 5.41) is 3.94. The van der Waals surface area contributed by atoms with Crippen LogP contribution >= 0.6 is 0 Å². The summed E-state index contributed by atoms with van der Waals surface area (Å²) in [5.74, 6) is 1.23. The van der Waals surface area contributed by atoms with E-state index in [9.17, 15) is 0 Å². The van der Waals surface area contributed by atoms with Crippen LogP contribution in [0.4, 0.5) is 0 Å². The number of benzene rings is 1. The molecule has 0 N–H and O–H groups in total. The van der Waals surface area contributed by atoms with Gasteiger partial charge in [-0.15, -0.1) is 0 Å². The topological polar surface area (TPSA) is 51.4 Å². The summed E-state index contributed by atoms with van der Waals surface area (Å²) in [5.41, 5.74) is 1.31. The number of hydrogen-bond acceptors (Lipinski definition) is 5. The van der Waals surface area contributed by atoms with Gasteiger partial charge < -0.3 is 9.26 Å². The molecule has 19 heavy (non-hydrogen) atoms. The van der Waals surface area contributed by atoms with Gasteiger partial charge in [0.15, 0.2) is 0 Å². The lowest BCUT2D eigenvalue weighted by atomic mass is 10.2. The highest BCUT2D eigenvalue weighted by Crippen LogP contribution is 2.20. The molecule has 1 aliphatic heterocycles. The van der Waals surface area contributed by atoms with Gasteiger partial charge in [-0.1, -0.05) is 35.5 Å². The molecule has 0 aliphatic carbocycles. The molecule has 5 nitrogen and oxygen atoms in total. The van der Waals surface area contributed by atoms with Gasteiger partial charge in [-0.05, 0) is 5.56 Å². The largest absolute Gasteiger partial charge is 0.367 e. The van der Waals surface area contributed by atoms with Crippen LogP contribution in [0.2, 0.25) is 0 Å². The van der Waals surface area contributed by atoms with Crippen molar-refractivity contribution in [2.75, 3.05) is 19.7 Å². The van der Waals surface area contributed by atoms with E-state index in [-0.39, 0.29) is 6.10 Å². The van der Waals surface area contributed by atoms with E-state index in [0.717, 1.165) is 19.6 Å². The van der Waals surface area contributed by atoms with Gasteiger partial charge in [-0.2, -0.15) is 4.98 Å². The van der Waals surface area contributed by atoms with Crippen LogP contribution in [0.5, 0.6) is 0 Å². The number of aromatic nitrogens is 2. The van der Waals surface area contributed by atoms with E-state index in [4.69, 9.17) is 9.26 Å². The van der Waals surface area contributed by atoms with Gasteiger partial charge in [0, 0.05) is 26.6 Å². The molecule has 2 heterocycles. The summed E-state index contributed by atoms with van der Waals surface area (Å²) in [4.78, 5) is 6.60. The molecule has 100 valence electrons. The Labute approximate surface area is 112 Å². The normalized spacial score (nSPS) is 20.6. The monoisotopic (exact) mass is 259 g/mol. The SMILES string of the molecule is Cc1nc([C@H]2CN(Cc3ccccc3)CCO2)no1. The van der Waals surface area contributed by atoms with Crippen molar-refractivity contribution in [1.82, 2.24) is 15.0 Å².